The first-order chi connectivity index (χ1) is 9.83. The van der Waals surface area contributed by atoms with Gasteiger partial charge in [0.2, 0.25) is 5.95 Å². The second kappa shape index (κ2) is 6.33. The van der Waals surface area contributed by atoms with E-state index in [1.165, 1.54) is 4.88 Å². The zero-order valence-electron chi connectivity index (χ0n) is 11.7. The van der Waals surface area contributed by atoms with Crippen molar-refractivity contribution >= 4 is 17.3 Å². The van der Waals surface area contributed by atoms with Crippen LogP contribution < -0.4 is 10.2 Å². The maximum atomic E-state index is 4.33. The summed E-state index contributed by atoms with van der Waals surface area (Å²) < 4.78 is 0. The molecule has 3 heterocycles. The molecule has 0 radical (unpaired) electrons. The van der Waals surface area contributed by atoms with Gasteiger partial charge in [-0.25, -0.2) is 9.97 Å². The molecule has 1 saturated heterocycles. The van der Waals surface area contributed by atoms with Gasteiger partial charge in [-0.2, -0.15) is 0 Å². The molecule has 2 aromatic heterocycles. The van der Waals surface area contributed by atoms with Crippen LogP contribution in [0.3, 0.4) is 0 Å². The van der Waals surface area contributed by atoms with E-state index in [2.05, 4.69) is 44.6 Å². The van der Waals surface area contributed by atoms with Crippen molar-refractivity contribution < 1.29 is 0 Å². The Kier molecular flexibility index (Phi) is 4.28. The Hall–Kier alpha value is -1.46. The third kappa shape index (κ3) is 3.16. The molecule has 3 rings (SSSR count). The number of nitrogens with one attached hydrogen (secondary N) is 1. The van der Waals surface area contributed by atoms with E-state index in [-0.39, 0.29) is 0 Å². The van der Waals surface area contributed by atoms with E-state index in [9.17, 15) is 0 Å². The van der Waals surface area contributed by atoms with Crippen LogP contribution >= 0.6 is 11.3 Å². The molecule has 1 N–H and O–H groups in total. The first kappa shape index (κ1) is 13.5. The fraction of sp³-hybridized carbons (Fsp3) is 0.467. The van der Waals surface area contributed by atoms with Gasteiger partial charge in [0, 0.05) is 42.4 Å². The van der Waals surface area contributed by atoms with Crippen molar-refractivity contribution in [3.63, 3.8) is 0 Å². The Bertz CT molecular complexity index is 506. The van der Waals surface area contributed by atoms with Gasteiger partial charge in [0.1, 0.15) is 0 Å². The van der Waals surface area contributed by atoms with E-state index < -0.39 is 0 Å². The Morgan fingerprint density at radius 2 is 2.00 bits per heavy atom. The van der Waals surface area contributed by atoms with Crippen LogP contribution in [0, 0.1) is 0 Å². The highest BCUT2D eigenvalue weighted by molar-refractivity contribution is 7.10. The van der Waals surface area contributed by atoms with Crippen molar-refractivity contribution in [1.82, 2.24) is 15.3 Å². The Labute approximate surface area is 123 Å². The number of piperidine rings is 1. The van der Waals surface area contributed by atoms with Gasteiger partial charge in [0.25, 0.3) is 0 Å². The van der Waals surface area contributed by atoms with Gasteiger partial charge in [-0.15, -0.1) is 11.3 Å². The first-order valence-electron chi connectivity index (χ1n) is 7.14. The molecule has 0 amide bonds. The van der Waals surface area contributed by atoms with Crippen molar-refractivity contribution in [2.24, 2.45) is 0 Å². The molecule has 4 nitrogen and oxygen atoms in total. The average Bonchev–Trinajstić information content (AvgIpc) is 3.03. The molecule has 2 aromatic rings. The quantitative estimate of drug-likeness (QED) is 0.939. The summed E-state index contributed by atoms with van der Waals surface area (Å²) in [6, 6.07) is 7.22. The van der Waals surface area contributed by atoms with Gasteiger partial charge in [-0.1, -0.05) is 6.07 Å². The van der Waals surface area contributed by atoms with Crippen LogP contribution in [-0.4, -0.2) is 29.1 Å². The number of nitrogens with zero attached hydrogens (tertiary/aromatic N) is 3. The molecular weight excluding hydrogens is 268 g/mol. The maximum Gasteiger partial charge on any atom is 0.225 e. The molecule has 106 valence electrons. The summed E-state index contributed by atoms with van der Waals surface area (Å²) in [6.45, 7) is 4.30. The van der Waals surface area contributed by atoms with Gasteiger partial charge in [-0.3, -0.25) is 0 Å². The fourth-order valence-corrected chi connectivity index (χ4v) is 3.42. The van der Waals surface area contributed by atoms with Crippen LogP contribution in [0.25, 0.3) is 0 Å². The summed E-state index contributed by atoms with van der Waals surface area (Å²) in [7, 11) is 0. The lowest BCUT2D eigenvalue weighted by atomic mass is 10.0. The predicted molar refractivity (Wildman–Crippen MR) is 83.1 cm³/mol. The average molecular weight is 288 g/mol. The zero-order valence-corrected chi connectivity index (χ0v) is 12.5. The second-order valence-corrected chi connectivity index (χ2v) is 6.19. The lowest BCUT2D eigenvalue weighted by Gasteiger charge is -2.33. The molecule has 0 aliphatic carbocycles. The molecule has 1 aliphatic heterocycles. The number of aromatic nitrogens is 2. The van der Waals surface area contributed by atoms with E-state index in [0.717, 1.165) is 31.9 Å². The Morgan fingerprint density at radius 1 is 1.25 bits per heavy atom. The summed E-state index contributed by atoms with van der Waals surface area (Å²) in [5.74, 6) is 0.859. The third-order valence-electron chi connectivity index (χ3n) is 3.79. The van der Waals surface area contributed by atoms with E-state index in [4.69, 9.17) is 0 Å². The highest BCUT2D eigenvalue weighted by Crippen LogP contribution is 2.22. The summed E-state index contributed by atoms with van der Waals surface area (Å²) >= 11 is 1.82. The molecule has 1 aliphatic rings. The lowest BCUT2D eigenvalue weighted by molar-refractivity contribution is 0.381. The molecule has 1 atom stereocenters. The van der Waals surface area contributed by atoms with E-state index in [1.807, 2.05) is 29.8 Å². The van der Waals surface area contributed by atoms with Crippen molar-refractivity contribution in [2.45, 2.75) is 31.8 Å². The molecule has 0 saturated carbocycles. The topological polar surface area (TPSA) is 41.0 Å². The third-order valence-corrected chi connectivity index (χ3v) is 4.84. The van der Waals surface area contributed by atoms with Crippen LogP contribution in [0.5, 0.6) is 0 Å². The minimum absolute atomic E-state index is 0.444. The fourth-order valence-electron chi connectivity index (χ4n) is 2.67. The molecule has 0 aromatic carbocycles. The zero-order chi connectivity index (χ0) is 13.8. The van der Waals surface area contributed by atoms with Crippen molar-refractivity contribution in [2.75, 3.05) is 18.0 Å². The second-order valence-electron chi connectivity index (χ2n) is 5.21. The molecule has 1 unspecified atom stereocenters. The molecule has 5 heteroatoms. The van der Waals surface area contributed by atoms with Crippen molar-refractivity contribution in [3.05, 3.63) is 40.8 Å². The summed E-state index contributed by atoms with van der Waals surface area (Å²) in [6.07, 6.45) is 5.92. The number of anilines is 1. The van der Waals surface area contributed by atoms with Gasteiger partial charge in [0.05, 0.1) is 0 Å². The Morgan fingerprint density at radius 3 is 2.65 bits per heavy atom. The highest BCUT2D eigenvalue weighted by atomic mass is 32.1. The van der Waals surface area contributed by atoms with Gasteiger partial charge in [0.15, 0.2) is 0 Å². The molecule has 0 bridgehead atoms. The smallest absolute Gasteiger partial charge is 0.225 e. The summed E-state index contributed by atoms with van der Waals surface area (Å²) in [5, 5.41) is 5.88. The largest absolute Gasteiger partial charge is 0.341 e. The van der Waals surface area contributed by atoms with Crippen molar-refractivity contribution in [3.8, 4) is 0 Å². The molecular formula is C15H20N4S. The SMILES string of the molecule is CC(NC1CCN(c2ncccn2)CC1)c1cccs1. The van der Waals surface area contributed by atoms with E-state index >= 15 is 0 Å². The monoisotopic (exact) mass is 288 g/mol. The molecule has 0 spiro atoms. The van der Waals surface area contributed by atoms with Gasteiger partial charge >= 0.3 is 0 Å². The molecule has 20 heavy (non-hydrogen) atoms. The standard InChI is InChI=1S/C15H20N4S/c1-12(14-4-2-11-20-14)18-13-5-9-19(10-6-13)15-16-7-3-8-17-15/h2-4,7-8,11-13,18H,5-6,9-10H2,1H3. The summed E-state index contributed by atoms with van der Waals surface area (Å²) in [5.41, 5.74) is 0. The minimum atomic E-state index is 0.444. The van der Waals surface area contributed by atoms with Crippen molar-refractivity contribution in [1.29, 1.82) is 0 Å². The van der Waals surface area contributed by atoms with Crippen LogP contribution in [0.15, 0.2) is 36.0 Å². The van der Waals surface area contributed by atoms with Crippen LogP contribution in [0.2, 0.25) is 0 Å². The maximum absolute atomic E-state index is 4.33. The van der Waals surface area contributed by atoms with Crippen LogP contribution in [-0.2, 0) is 0 Å². The number of rotatable bonds is 4. The van der Waals surface area contributed by atoms with Crippen LogP contribution in [0.1, 0.15) is 30.7 Å². The molecule has 1 fully saturated rings. The normalized spacial score (nSPS) is 18.1. The number of hydrogen-bond acceptors (Lipinski definition) is 5. The minimum Gasteiger partial charge on any atom is -0.341 e. The lowest BCUT2D eigenvalue weighted by Crippen LogP contribution is -2.43. The van der Waals surface area contributed by atoms with Gasteiger partial charge in [-0.05, 0) is 37.3 Å². The van der Waals surface area contributed by atoms with Gasteiger partial charge < -0.3 is 10.2 Å². The highest BCUT2D eigenvalue weighted by Gasteiger charge is 2.22. The van der Waals surface area contributed by atoms with Crippen LogP contribution in [0.4, 0.5) is 5.95 Å². The predicted octanol–water partition coefficient (Wildman–Crippen LogP) is 2.86. The van der Waals surface area contributed by atoms with E-state index in [0.29, 0.717) is 12.1 Å². The Balaban J connectivity index is 1.51. The number of hydrogen-bond donors (Lipinski definition) is 1. The van der Waals surface area contributed by atoms with E-state index in [1.54, 1.807) is 0 Å². The first-order valence-corrected chi connectivity index (χ1v) is 8.02. The number of thiophene rings is 1. The summed E-state index contributed by atoms with van der Waals surface area (Å²) in [4.78, 5) is 12.3.